The highest BCUT2D eigenvalue weighted by Gasteiger charge is 2.38. The highest BCUT2D eigenvalue weighted by atomic mass is 16.6. The molecule has 0 aliphatic carbocycles. The van der Waals surface area contributed by atoms with E-state index in [0.29, 0.717) is 19.4 Å². The fourth-order valence-corrected chi connectivity index (χ4v) is 4.24. The van der Waals surface area contributed by atoms with Gasteiger partial charge < -0.3 is 25.0 Å². The molecule has 0 saturated carbocycles. The molecule has 1 saturated heterocycles. The molecule has 3 rings (SSSR count). The van der Waals surface area contributed by atoms with Crippen LogP contribution in [-0.2, 0) is 36.9 Å². The lowest BCUT2D eigenvalue weighted by atomic mass is 10.0. The Morgan fingerprint density at radius 1 is 0.947 bits per heavy atom. The fraction of sp³-hybridized carbons (Fsp3) is 0.448. The van der Waals surface area contributed by atoms with Crippen molar-refractivity contribution in [2.24, 2.45) is 0 Å². The van der Waals surface area contributed by atoms with E-state index in [1.807, 2.05) is 60.7 Å². The summed E-state index contributed by atoms with van der Waals surface area (Å²) in [5.74, 6) is -1.38. The van der Waals surface area contributed by atoms with Gasteiger partial charge in [-0.25, -0.2) is 9.59 Å². The summed E-state index contributed by atoms with van der Waals surface area (Å²) in [5.41, 5.74) is 1.000. The Kier molecular flexibility index (Phi) is 9.87. The summed E-state index contributed by atoms with van der Waals surface area (Å²) in [6.45, 7) is 7.21. The molecule has 2 aromatic rings. The Labute approximate surface area is 223 Å². The van der Waals surface area contributed by atoms with E-state index in [9.17, 15) is 19.2 Å². The van der Waals surface area contributed by atoms with Gasteiger partial charge in [0.15, 0.2) is 0 Å². The van der Waals surface area contributed by atoms with Crippen molar-refractivity contribution in [2.75, 3.05) is 6.54 Å². The van der Waals surface area contributed by atoms with Crippen molar-refractivity contribution in [1.82, 2.24) is 15.5 Å². The lowest BCUT2D eigenvalue weighted by molar-refractivity contribution is -0.150. The second-order valence-corrected chi connectivity index (χ2v) is 10.4. The number of benzene rings is 2. The minimum atomic E-state index is -0.927. The van der Waals surface area contributed by atoms with Crippen LogP contribution in [0.1, 0.15) is 51.7 Å². The number of carbonyl (C=O) groups excluding carboxylic acids is 4. The van der Waals surface area contributed by atoms with Crippen LogP contribution in [0.3, 0.4) is 0 Å². The maximum atomic E-state index is 13.3. The third kappa shape index (κ3) is 8.61. The summed E-state index contributed by atoms with van der Waals surface area (Å²) in [5, 5.41) is 5.36. The van der Waals surface area contributed by atoms with Crippen molar-refractivity contribution in [3.8, 4) is 0 Å². The zero-order valence-electron chi connectivity index (χ0n) is 22.4. The molecule has 9 nitrogen and oxygen atoms in total. The standard InChI is InChI=1S/C29H37N3O6/c1-20(30-28(36)38-29(2,3)4)26(34)32-17-11-16-24(32)25(33)31-23(18-21-12-7-5-8-13-21)27(35)37-19-22-14-9-6-10-15-22/h5-10,12-15,20,23-24H,11,16-19H2,1-4H3,(H,30,36)(H,31,33). The molecule has 1 heterocycles. The third-order valence-electron chi connectivity index (χ3n) is 6.05. The number of ether oxygens (including phenoxy) is 2. The topological polar surface area (TPSA) is 114 Å². The lowest BCUT2D eigenvalue weighted by Gasteiger charge is -2.29. The molecular weight excluding hydrogens is 486 g/mol. The average Bonchev–Trinajstić information content (AvgIpc) is 3.36. The van der Waals surface area contributed by atoms with Crippen molar-refractivity contribution >= 4 is 23.9 Å². The van der Waals surface area contributed by atoms with Gasteiger partial charge in [-0.1, -0.05) is 60.7 Å². The molecule has 0 bridgehead atoms. The maximum Gasteiger partial charge on any atom is 0.408 e. The van der Waals surface area contributed by atoms with Crippen LogP contribution >= 0.6 is 0 Å². The van der Waals surface area contributed by atoms with Crippen LogP contribution in [0.25, 0.3) is 0 Å². The number of nitrogens with zero attached hydrogens (tertiary/aromatic N) is 1. The number of likely N-dealkylation sites (tertiary alicyclic amines) is 1. The zero-order chi connectivity index (χ0) is 27.7. The van der Waals surface area contributed by atoms with Gasteiger partial charge >= 0.3 is 12.1 Å². The van der Waals surface area contributed by atoms with E-state index in [-0.39, 0.29) is 18.9 Å². The van der Waals surface area contributed by atoms with Crippen LogP contribution in [0, 0.1) is 0 Å². The number of amides is 3. The molecule has 9 heteroatoms. The quantitative estimate of drug-likeness (QED) is 0.487. The summed E-state index contributed by atoms with van der Waals surface area (Å²) in [6, 6.07) is 16.1. The summed E-state index contributed by atoms with van der Waals surface area (Å²) in [6.07, 6.45) is 0.624. The first-order valence-corrected chi connectivity index (χ1v) is 12.9. The van der Waals surface area contributed by atoms with Crippen molar-refractivity contribution in [3.05, 3.63) is 71.8 Å². The van der Waals surface area contributed by atoms with Crippen LogP contribution in [0.4, 0.5) is 4.79 Å². The van der Waals surface area contributed by atoms with Crippen LogP contribution in [-0.4, -0.2) is 59.0 Å². The zero-order valence-corrected chi connectivity index (χ0v) is 22.4. The minimum absolute atomic E-state index is 0.0860. The van der Waals surface area contributed by atoms with E-state index in [1.54, 1.807) is 27.7 Å². The first-order valence-electron chi connectivity index (χ1n) is 12.9. The maximum absolute atomic E-state index is 13.3. The molecule has 0 radical (unpaired) electrons. The molecule has 3 amide bonds. The molecule has 3 unspecified atom stereocenters. The Morgan fingerprint density at radius 3 is 2.16 bits per heavy atom. The van der Waals surface area contributed by atoms with Gasteiger partial charge in [-0.3, -0.25) is 9.59 Å². The Morgan fingerprint density at radius 2 is 1.55 bits per heavy atom. The number of hydrogen-bond donors (Lipinski definition) is 2. The van der Waals surface area contributed by atoms with E-state index in [2.05, 4.69) is 10.6 Å². The molecule has 0 spiro atoms. The normalized spacial score (nSPS) is 16.7. The van der Waals surface area contributed by atoms with Gasteiger partial charge in [-0.2, -0.15) is 0 Å². The lowest BCUT2D eigenvalue weighted by Crippen LogP contribution is -2.55. The summed E-state index contributed by atoms with van der Waals surface area (Å²) >= 11 is 0. The SMILES string of the molecule is CC(NC(=O)OC(C)(C)C)C(=O)N1CCCC1C(=O)NC(Cc1ccccc1)C(=O)OCc1ccccc1. The molecule has 3 atom stereocenters. The van der Waals surface area contributed by atoms with Gasteiger partial charge in [-0.05, 0) is 51.7 Å². The summed E-state index contributed by atoms with van der Waals surface area (Å²) in [7, 11) is 0. The number of rotatable bonds is 9. The van der Waals surface area contributed by atoms with Crippen LogP contribution in [0.15, 0.2) is 60.7 Å². The number of carbonyl (C=O) groups is 4. The number of hydrogen-bond acceptors (Lipinski definition) is 6. The van der Waals surface area contributed by atoms with Gasteiger partial charge in [-0.15, -0.1) is 0 Å². The predicted molar refractivity (Wildman–Crippen MR) is 142 cm³/mol. The monoisotopic (exact) mass is 523 g/mol. The van der Waals surface area contributed by atoms with Crippen LogP contribution in [0.2, 0.25) is 0 Å². The van der Waals surface area contributed by atoms with E-state index in [0.717, 1.165) is 11.1 Å². The minimum Gasteiger partial charge on any atom is -0.459 e. The molecule has 0 aromatic heterocycles. The predicted octanol–water partition coefficient (Wildman–Crippen LogP) is 3.36. The molecule has 1 fully saturated rings. The first kappa shape index (κ1) is 28.7. The first-order chi connectivity index (χ1) is 18.0. The van der Waals surface area contributed by atoms with E-state index in [4.69, 9.17) is 9.47 Å². The van der Waals surface area contributed by atoms with E-state index < -0.39 is 41.7 Å². The molecular formula is C29H37N3O6. The van der Waals surface area contributed by atoms with Crippen molar-refractivity contribution in [1.29, 1.82) is 0 Å². The molecule has 2 aromatic carbocycles. The largest absolute Gasteiger partial charge is 0.459 e. The molecule has 2 N–H and O–H groups in total. The Bertz CT molecular complexity index is 1100. The highest BCUT2D eigenvalue weighted by Crippen LogP contribution is 2.20. The number of nitrogens with one attached hydrogen (secondary N) is 2. The second-order valence-electron chi connectivity index (χ2n) is 10.4. The summed E-state index contributed by atoms with van der Waals surface area (Å²) < 4.78 is 10.8. The molecule has 1 aliphatic heterocycles. The van der Waals surface area contributed by atoms with Crippen molar-refractivity contribution in [3.63, 3.8) is 0 Å². The van der Waals surface area contributed by atoms with Crippen molar-refractivity contribution < 1.29 is 28.7 Å². The van der Waals surface area contributed by atoms with Gasteiger partial charge in [0.1, 0.15) is 30.3 Å². The summed E-state index contributed by atoms with van der Waals surface area (Å²) in [4.78, 5) is 53.1. The highest BCUT2D eigenvalue weighted by molar-refractivity contribution is 5.93. The number of alkyl carbamates (subject to hydrolysis) is 1. The van der Waals surface area contributed by atoms with Gasteiger partial charge in [0.05, 0.1) is 0 Å². The number of esters is 1. The molecule has 204 valence electrons. The van der Waals surface area contributed by atoms with E-state index in [1.165, 1.54) is 4.90 Å². The van der Waals surface area contributed by atoms with Gasteiger partial charge in [0.2, 0.25) is 11.8 Å². The molecule has 38 heavy (non-hydrogen) atoms. The fourth-order valence-electron chi connectivity index (χ4n) is 4.24. The van der Waals surface area contributed by atoms with E-state index >= 15 is 0 Å². The molecule has 1 aliphatic rings. The second kappa shape index (κ2) is 13.1. The third-order valence-corrected chi connectivity index (χ3v) is 6.05. The smallest absolute Gasteiger partial charge is 0.408 e. The van der Waals surface area contributed by atoms with Gasteiger partial charge in [0, 0.05) is 13.0 Å². The van der Waals surface area contributed by atoms with Crippen LogP contribution < -0.4 is 10.6 Å². The van der Waals surface area contributed by atoms with Crippen molar-refractivity contribution in [2.45, 2.75) is 77.3 Å². The van der Waals surface area contributed by atoms with Crippen LogP contribution in [0.5, 0.6) is 0 Å². The Hall–Kier alpha value is -3.88. The Balaban J connectivity index is 1.66. The average molecular weight is 524 g/mol. The van der Waals surface area contributed by atoms with Gasteiger partial charge in [0.25, 0.3) is 0 Å².